The van der Waals surface area contributed by atoms with E-state index in [9.17, 15) is 13.2 Å². The maximum atomic E-state index is 11.5. The Balaban J connectivity index is 2.28. The molecule has 1 heterocycles. The molecule has 5 nitrogen and oxygen atoms in total. The van der Waals surface area contributed by atoms with Crippen LogP contribution in [0.25, 0.3) is 0 Å². The fourth-order valence-electron chi connectivity index (χ4n) is 1.84. The molecule has 1 amide bonds. The molecule has 1 aliphatic rings. The van der Waals surface area contributed by atoms with Crippen LogP contribution in [0, 0.1) is 0 Å². The second kappa shape index (κ2) is 5.63. The standard InChI is InChI=1S/C10H20N2O3S/c1-8-7-9(3-5-11-8)12-10(13)4-6-16(2,14)15/h8-9,11H,3-7H2,1-2H3,(H,12,13). The lowest BCUT2D eigenvalue weighted by Crippen LogP contribution is -2.46. The SMILES string of the molecule is CC1CC(NC(=O)CCS(C)(=O)=O)CCN1. The van der Waals surface area contributed by atoms with Gasteiger partial charge in [0.05, 0.1) is 5.75 Å². The van der Waals surface area contributed by atoms with Crippen LogP contribution >= 0.6 is 0 Å². The van der Waals surface area contributed by atoms with Crippen molar-refractivity contribution in [3.05, 3.63) is 0 Å². The average Bonchev–Trinajstić information content (AvgIpc) is 2.14. The molecule has 0 saturated carbocycles. The van der Waals surface area contributed by atoms with Crippen LogP contribution in [0.2, 0.25) is 0 Å². The first-order chi connectivity index (χ1) is 7.37. The summed E-state index contributed by atoms with van der Waals surface area (Å²) in [7, 11) is -3.04. The lowest BCUT2D eigenvalue weighted by molar-refractivity contribution is -0.121. The van der Waals surface area contributed by atoms with Gasteiger partial charge in [0.2, 0.25) is 5.91 Å². The van der Waals surface area contributed by atoms with E-state index in [0.29, 0.717) is 6.04 Å². The van der Waals surface area contributed by atoms with Gasteiger partial charge in [-0.05, 0) is 26.3 Å². The van der Waals surface area contributed by atoms with Crippen molar-refractivity contribution in [2.24, 2.45) is 0 Å². The van der Waals surface area contributed by atoms with E-state index in [4.69, 9.17) is 0 Å². The summed E-state index contributed by atoms with van der Waals surface area (Å²) in [6, 6.07) is 0.595. The second-order valence-corrected chi connectivity index (χ2v) is 6.78. The number of sulfone groups is 1. The first-order valence-electron chi connectivity index (χ1n) is 5.57. The molecular formula is C10H20N2O3S. The maximum Gasteiger partial charge on any atom is 0.221 e. The van der Waals surface area contributed by atoms with Crippen LogP contribution in [0.15, 0.2) is 0 Å². The molecule has 16 heavy (non-hydrogen) atoms. The fourth-order valence-corrected chi connectivity index (χ4v) is 2.40. The van der Waals surface area contributed by atoms with Gasteiger partial charge in [0.15, 0.2) is 0 Å². The Kier molecular flexibility index (Phi) is 4.73. The van der Waals surface area contributed by atoms with Crippen molar-refractivity contribution in [3.8, 4) is 0 Å². The van der Waals surface area contributed by atoms with Crippen molar-refractivity contribution in [1.29, 1.82) is 0 Å². The Morgan fingerprint density at radius 2 is 2.19 bits per heavy atom. The molecule has 2 atom stereocenters. The van der Waals surface area contributed by atoms with Crippen molar-refractivity contribution >= 4 is 15.7 Å². The Morgan fingerprint density at radius 3 is 2.75 bits per heavy atom. The maximum absolute atomic E-state index is 11.5. The molecule has 0 spiro atoms. The third-order valence-electron chi connectivity index (χ3n) is 2.69. The van der Waals surface area contributed by atoms with E-state index in [2.05, 4.69) is 17.6 Å². The first-order valence-corrected chi connectivity index (χ1v) is 7.63. The summed E-state index contributed by atoms with van der Waals surface area (Å²) in [6.45, 7) is 2.98. The minimum Gasteiger partial charge on any atom is -0.353 e. The molecule has 6 heteroatoms. The van der Waals surface area contributed by atoms with E-state index in [0.717, 1.165) is 25.6 Å². The van der Waals surface area contributed by atoms with Gasteiger partial charge in [0.1, 0.15) is 9.84 Å². The number of carbonyl (C=O) groups is 1. The molecule has 2 N–H and O–H groups in total. The molecule has 2 unspecified atom stereocenters. The highest BCUT2D eigenvalue weighted by Gasteiger charge is 2.20. The Morgan fingerprint density at radius 1 is 1.50 bits per heavy atom. The number of amides is 1. The summed E-state index contributed by atoms with van der Waals surface area (Å²) in [5.41, 5.74) is 0. The second-order valence-electron chi connectivity index (χ2n) is 4.52. The van der Waals surface area contributed by atoms with Gasteiger partial charge in [0, 0.05) is 24.8 Å². The van der Waals surface area contributed by atoms with Crippen LogP contribution in [-0.4, -0.2) is 45.0 Å². The number of piperidine rings is 1. The summed E-state index contributed by atoms with van der Waals surface area (Å²) in [4.78, 5) is 11.5. The minimum atomic E-state index is -3.04. The van der Waals surface area contributed by atoms with Crippen molar-refractivity contribution in [1.82, 2.24) is 10.6 Å². The molecule has 0 aromatic heterocycles. The summed E-state index contributed by atoms with van der Waals surface area (Å²) in [5, 5.41) is 6.17. The van der Waals surface area contributed by atoms with Crippen LogP contribution in [0.1, 0.15) is 26.2 Å². The number of rotatable bonds is 4. The van der Waals surface area contributed by atoms with Gasteiger partial charge in [0.25, 0.3) is 0 Å². The van der Waals surface area contributed by atoms with E-state index >= 15 is 0 Å². The summed E-state index contributed by atoms with van der Waals surface area (Å²) in [6.07, 6.45) is 3.03. The Labute approximate surface area is 96.9 Å². The Bertz CT molecular complexity index is 340. The van der Waals surface area contributed by atoms with Gasteiger partial charge < -0.3 is 10.6 Å². The monoisotopic (exact) mass is 248 g/mol. The van der Waals surface area contributed by atoms with Crippen LogP contribution < -0.4 is 10.6 Å². The molecule has 0 aromatic rings. The number of hydrogen-bond acceptors (Lipinski definition) is 4. The topological polar surface area (TPSA) is 75.3 Å². The number of nitrogens with one attached hydrogen (secondary N) is 2. The summed E-state index contributed by atoms with van der Waals surface area (Å²) < 4.78 is 21.8. The van der Waals surface area contributed by atoms with E-state index in [1.54, 1.807) is 0 Å². The van der Waals surface area contributed by atoms with Crippen LogP contribution in [0.3, 0.4) is 0 Å². The largest absolute Gasteiger partial charge is 0.353 e. The highest BCUT2D eigenvalue weighted by Crippen LogP contribution is 2.08. The molecule has 0 aliphatic carbocycles. The van der Waals surface area contributed by atoms with Crippen LogP contribution in [0.4, 0.5) is 0 Å². The summed E-state index contributed by atoms with van der Waals surface area (Å²) >= 11 is 0. The van der Waals surface area contributed by atoms with Gasteiger partial charge in [-0.25, -0.2) is 8.42 Å². The predicted octanol–water partition coefficient (Wildman–Crippen LogP) is -0.322. The smallest absolute Gasteiger partial charge is 0.221 e. The number of hydrogen-bond donors (Lipinski definition) is 2. The molecule has 94 valence electrons. The van der Waals surface area contributed by atoms with Gasteiger partial charge in [-0.3, -0.25) is 4.79 Å². The van der Waals surface area contributed by atoms with E-state index in [-0.39, 0.29) is 24.1 Å². The Hall–Kier alpha value is -0.620. The summed E-state index contributed by atoms with van der Waals surface area (Å²) in [5.74, 6) is -0.233. The lowest BCUT2D eigenvalue weighted by Gasteiger charge is -2.28. The van der Waals surface area contributed by atoms with E-state index in [1.807, 2.05) is 0 Å². The van der Waals surface area contributed by atoms with Crippen molar-refractivity contribution < 1.29 is 13.2 Å². The van der Waals surface area contributed by atoms with Gasteiger partial charge >= 0.3 is 0 Å². The third kappa shape index (κ3) is 5.46. The zero-order valence-corrected chi connectivity index (χ0v) is 10.6. The zero-order chi connectivity index (χ0) is 12.2. The van der Waals surface area contributed by atoms with Gasteiger partial charge in [-0.2, -0.15) is 0 Å². The normalized spacial score (nSPS) is 26.4. The highest BCUT2D eigenvalue weighted by atomic mass is 32.2. The number of carbonyl (C=O) groups excluding carboxylic acids is 1. The van der Waals surface area contributed by atoms with Crippen molar-refractivity contribution in [3.63, 3.8) is 0 Å². The van der Waals surface area contributed by atoms with Crippen molar-refractivity contribution in [2.45, 2.75) is 38.3 Å². The van der Waals surface area contributed by atoms with E-state index < -0.39 is 9.84 Å². The van der Waals surface area contributed by atoms with Crippen molar-refractivity contribution in [2.75, 3.05) is 18.6 Å². The van der Waals surface area contributed by atoms with Crippen LogP contribution in [-0.2, 0) is 14.6 Å². The minimum absolute atomic E-state index is 0.0666. The lowest BCUT2D eigenvalue weighted by atomic mass is 10.0. The molecule has 1 aliphatic heterocycles. The highest BCUT2D eigenvalue weighted by molar-refractivity contribution is 7.90. The molecular weight excluding hydrogens is 228 g/mol. The molecule has 0 aromatic carbocycles. The fraction of sp³-hybridized carbons (Fsp3) is 0.900. The third-order valence-corrected chi connectivity index (χ3v) is 3.63. The molecule has 0 radical (unpaired) electrons. The average molecular weight is 248 g/mol. The molecule has 1 saturated heterocycles. The quantitative estimate of drug-likeness (QED) is 0.715. The van der Waals surface area contributed by atoms with Gasteiger partial charge in [-0.1, -0.05) is 0 Å². The first kappa shape index (κ1) is 13.4. The molecule has 1 fully saturated rings. The zero-order valence-electron chi connectivity index (χ0n) is 9.82. The van der Waals surface area contributed by atoms with Gasteiger partial charge in [-0.15, -0.1) is 0 Å². The molecule has 1 rings (SSSR count). The molecule has 0 bridgehead atoms. The van der Waals surface area contributed by atoms with E-state index in [1.165, 1.54) is 0 Å². The van der Waals surface area contributed by atoms with Crippen LogP contribution in [0.5, 0.6) is 0 Å². The predicted molar refractivity (Wildman–Crippen MR) is 63.0 cm³/mol.